The van der Waals surface area contributed by atoms with Gasteiger partial charge in [0.05, 0.1) is 0 Å². The Labute approximate surface area is 117 Å². The molecule has 0 aromatic carbocycles. The monoisotopic (exact) mass is 330 g/mol. The van der Waals surface area contributed by atoms with Gasteiger partial charge in [0.1, 0.15) is 0 Å². The molecule has 0 bridgehead atoms. The van der Waals surface area contributed by atoms with Crippen LogP contribution in [0.3, 0.4) is 0 Å². The van der Waals surface area contributed by atoms with Crippen LogP contribution in [0.15, 0.2) is 0 Å². The molecule has 13 heavy (non-hydrogen) atoms. The van der Waals surface area contributed by atoms with Crippen molar-refractivity contribution in [2.75, 3.05) is 13.1 Å². The molecular formula is C6H15N2NaO2Se2. The van der Waals surface area contributed by atoms with E-state index >= 15 is 0 Å². The third kappa shape index (κ3) is 19.4. The summed E-state index contributed by atoms with van der Waals surface area (Å²) in [5, 5.41) is 16.5. The summed E-state index contributed by atoms with van der Waals surface area (Å²) in [6, 6.07) is 0. The van der Waals surface area contributed by atoms with E-state index in [1.54, 1.807) is 0 Å². The fourth-order valence-electron chi connectivity index (χ4n) is 0.494. The van der Waals surface area contributed by atoms with E-state index in [4.69, 9.17) is 10.2 Å². The maximum atomic E-state index is 8.80. The van der Waals surface area contributed by atoms with Gasteiger partial charge in [-0.05, 0) is 0 Å². The van der Waals surface area contributed by atoms with Crippen molar-refractivity contribution in [2.45, 2.75) is 13.8 Å². The molecule has 0 atom stereocenters. The molecule has 0 unspecified atom stereocenters. The molecular weight excluding hydrogens is 313 g/mol. The van der Waals surface area contributed by atoms with Crippen LogP contribution in [0, 0.1) is 0 Å². The summed E-state index contributed by atoms with van der Waals surface area (Å²) in [6.45, 7) is 5.71. The van der Waals surface area contributed by atoms with Crippen molar-refractivity contribution in [3.63, 3.8) is 0 Å². The van der Waals surface area contributed by atoms with Crippen LogP contribution in [-0.2, 0) is 0 Å². The van der Waals surface area contributed by atoms with Gasteiger partial charge in [0.15, 0.2) is 0 Å². The summed E-state index contributed by atoms with van der Waals surface area (Å²) in [7, 11) is 0. The Morgan fingerprint density at radius 2 is 1.46 bits per heavy atom. The standard InChI is InChI=1S/C5H11NOSe.CH3NOSe.Na.H/c1-3-6(4-2)5(7)8;2-1(3)4;;/h3-4H2,1-2H3,(H,7,8);(H3,2,3,4);;. The van der Waals surface area contributed by atoms with E-state index in [2.05, 4.69) is 36.9 Å². The Morgan fingerprint density at radius 1 is 1.23 bits per heavy atom. The summed E-state index contributed by atoms with van der Waals surface area (Å²) in [6.07, 6.45) is 0. The molecule has 0 saturated carbocycles. The molecule has 0 aromatic rings. The molecule has 0 fully saturated rings. The van der Waals surface area contributed by atoms with Crippen LogP contribution in [0.1, 0.15) is 13.8 Å². The number of hydrogen-bond acceptors (Lipinski definition) is 4. The van der Waals surface area contributed by atoms with Gasteiger partial charge in [-0.2, -0.15) is 0 Å². The molecule has 0 aliphatic heterocycles. The Kier molecular flexibility index (Phi) is 19.5. The van der Waals surface area contributed by atoms with Gasteiger partial charge < -0.3 is 0 Å². The van der Waals surface area contributed by atoms with Crippen molar-refractivity contribution in [3.8, 4) is 0 Å². The van der Waals surface area contributed by atoms with Gasteiger partial charge in [0, 0.05) is 0 Å². The zero-order valence-corrected chi connectivity index (χ0v) is 10.6. The van der Waals surface area contributed by atoms with Gasteiger partial charge in [-0.15, -0.1) is 0 Å². The van der Waals surface area contributed by atoms with Crippen LogP contribution in [0.25, 0.3) is 0 Å². The number of aliphatic hydroxyl groups is 2. The van der Waals surface area contributed by atoms with Crippen molar-refractivity contribution in [1.82, 2.24) is 4.90 Å². The van der Waals surface area contributed by atoms with Crippen molar-refractivity contribution in [2.24, 2.45) is 5.73 Å². The minimum absolute atomic E-state index is 0. The van der Waals surface area contributed by atoms with E-state index in [0.717, 1.165) is 13.1 Å². The second-order valence-corrected chi connectivity index (χ2v) is 3.44. The van der Waals surface area contributed by atoms with Gasteiger partial charge in [-0.25, -0.2) is 0 Å². The van der Waals surface area contributed by atoms with Crippen LogP contribution in [0.2, 0.25) is 0 Å². The van der Waals surface area contributed by atoms with Crippen LogP contribution < -0.4 is 5.73 Å². The van der Waals surface area contributed by atoms with E-state index in [-0.39, 0.29) is 39.0 Å². The van der Waals surface area contributed by atoms with E-state index in [1.165, 1.54) is 0 Å². The van der Waals surface area contributed by atoms with Crippen LogP contribution >= 0.6 is 0 Å². The first-order valence-corrected chi connectivity index (χ1v) is 5.13. The predicted octanol–water partition coefficient (Wildman–Crippen LogP) is -2.12. The quantitative estimate of drug-likeness (QED) is 0.519. The van der Waals surface area contributed by atoms with Crippen molar-refractivity contribution >= 4 is 70.2 Å². The van der Waals surface area contributed by atoms with Crippen molar-refractivity contribution in [1.29, 1.82) is 0 Å². The van der Waals surface area contributed by atoms with Crippen LogP contribution in [0.4, 0.5) is 0 Å². The van der Waals surface area contributed by atoms with Gasteiger partial charge in [-0.3, -0.25) is 0 Å². The van der Waals surface area contributed by atoms with Crippen LogP contribution in [0.5, 0.6) is 0 Å². The third-order valence-corrected chi connectivity index (χ3v) is 1.58. The summed E-state index contributed by atoms with van der Waals surface area (Å²) < 4.78 is 0.0787. The molecule has 0 radical (unpaired) electrons. The molecule has 7 heteroatoms. The number of aliphatic hydroxyl groups excluding tert-OH is 2. The first-order valence-electron chi connectivity index (χ1n) is 3.41. The van der Waals surface area contributed by atoms with Gasteiger partial charge in [-0.1, -0.05) is 0 Å². The molecule has 0 spiro atoms. The predicted molar refractivity (Wildman–Crippen MR) is 59.7 cm³/mol. The molecule has 74 valence electrons. The molecule has 0 aliphatic carbocycles. The second-order valence-electron chi connectivity index (χ2n) is 1.79. The Balaban J connectivity index is -0.000000173. The van der Waals surface area contributed by atoms with E-state index in [1.807, 2.05) is 18.7 Å². The fourth-order valence-corrected chi connectivity index (χ4v) is 1.04. The zero-order valence-electron chi connectivity index (χ0n) is 7.15. The Morgan fingerprint density at radius 3 is 1.46 bits per heavy atom. The van der Waals surface area contributed by atoms with Gasteiger partial charge in [0.25, 0.3) is 0 Å². The normalized spacial score (nSPS) is 7.23. The first kappa shape index (κ1) is 19.5. The second kappa shape index (κ2) is 13.0. The Hall–Kier alpha value is 0.979. The third-order valence-electron chi connectivity index (χ3n) is 1.03. The average Bonchev–Trinajstić information content (AvgIpc) is 1.87. The minimum atomic E-state index is -0.208. The maximum absolute atomic E-state index is 8.80. The molecule has 0 heterocycles. The Bertz CT molecular complexity index is 150. The topological polar surface area (TPSA) is 69.7 Å². The molecule has 0 amide bonds. The average molecular weight is 328 g/mol. The number of nitrogens with two attached hydrogens (primary N) is 1. The molecule has 4 N–H and O–H groups in total. The fraction of sp³-hybridized carbons (Fsp3) is 0.667. The molecule has 0 aliphatic rings. The van der Waals surface area contributed by atoms with Crippen LogP contribution in [-0.4, -0.2) is 98.4 Å². The summed E-state index contributed by atoms with van der Waals surface area (Å²) >= 11 is 4.69. The summed E-state index contributed by atoms with van der Waals surface area (Å²) in [4.78, 5) is 1.83. The van der Waals surface area contributed by atoms with Crippen molar-refractivity contribution < 1.29 is 10.2 Å². The molecule has 0 saturated heterocycles. The molecule has 0 rings (SSSR count). The van der Waals surface area contributed by atoms with Gasteiger partial charge in [0.2, 0.25) is 0 Å². The first-order chi connectivity index (χ1) is 5.45. The summed E-state index contributed by atoms with van der Waals surface area (Å²) in [5.41, 5.74) is 4.53. The number of hydrogen-bond donors (Lipinski definition) is 3. The summed E-state index contributed by atoms with van der Waals surface area (Å²) in [5.74, 6) is 0. The van der Waals surface area contributed by atoms with E-state index < -0.39 is 0 Å². The number of rotatable bonds is 3. The SMILES string of the molecule is CCN(CC)C(O)=[Se].NC(O)=[Se].[NaH]. The van der Waals surface area contributed by atoms with Crippen molar-refractivity contribution in [3.05, 3.63) is 0 Å². The van der Waals surface area contributed by atoms with E-state index in [0.29, 0.717) is 0 Å². The molecule has 4 nitrogen and oxygen atoms in total. The number of nitrogens with zero attached hydrogens (tertiary/aromatic N) is 1. The molecule has 0 aromatic heterocycles. The van der Waals surface area contributed by atoms with E-state index in [9.17, 15) is 0 Å². The zero-order chi connectivity index (χ0) is 10.1. The van der Waals surface area contributed by atoms with Gasteiger partial charge >= 0.3 is 118 Å².